The first-order chi connectivity index (χ1) is 13.5. The van der Waals surface area contributed by atoms with Crippen LogP contribution in [0.25, 0.3) is 0 Å². The number of aliphatic carboxylic acids is 1. The van der Waals surface area contributed by atoms with Crippen LogP contribution in [0.3, 0.4) is 0 Å². The highest BCUT2D eigenvalue weighted by molar-refractivity contribution is 6.08. The molecule has 146 valence electrons. The number of ketones is 1. The average Bonchev–Trinajstić information content (AvgIpc) is 2.74. The molecule has 3 rings (SSSR count). The van der Waals surface area contributed by atoms with Crippen LogP contribution in [0, 0.1) is 0 Å². The van der Waals surface area contributed by atoms with Crippen molar-refractivity contribution in [3.05, 3.63) is 71.3 Å². The second kappa shape index (κ2) is 9.14. The fourth-order valence-electron chi connectivity index (χ4n) is 2.99. The number of morpholine rings is 1. The van der Waals surface area contributed by atoms with Gasteiger partial charge in [-0.1, -0.05) is 54.6 Å². The molecular formula is C21H22N2O5. The van der Waals surface area contributed by atoms with E-state index in [-0.39, 0.29) is 12.2 Å². The number of carbonyl (C=O) groups excluding carboxylic acids is 2. The fourth-order valence-corrected chi connectivity index (χ4v) is 2.99. The van der Waals surface area contributed by atoms with Gasteiger partial charge in [-0.15, -0.1) is 0 Å². The molecule has 1 fully saturated rings. The second-order valence-corrected chi connectivity index (χ2v) is 6.54. The maximum Gasteiger partial charge on any atom is 0.326 e. The number of nitrogens with zero attached hydrogens (tertiary/aromatic N) is 1. The molecule has 0 saturated carbocycles. The summed E-state index contributed by atoms with van der Waals surface area (Å²) in [5, 5.41) is 12.0. The molecule has 0 bridgehead atoms. The Morgan fingerprint density at radius 1 is 0.964 bits per heavy atom. The monoisotopic (exact) mass is 382 g/mol. The quantitative estimate of drug-likeness (QED) is 0.745. The van der Waals surface area contributed by atoms with Crippen molar-refractivity contribution >= 4 is 17.8 Å². The van der Waals surface area contributed by atoms with Gasteiger partial charge >= 0.3 is 12.0 Å². The lowest BCUT2D eigenvalue weighted by Crippen LogP contribution is -2.51. The summed E-state index contributed by atoms with van der Waals surface area (Å²) >= 11 is 0. The lowest BCUT2D eigenvalue weighted by Gasteiger charge is -2.28. The minimum Gasteiger partial charge on any atom is -0.480 e. The van der Waals surface area contributed by atoms with Crippen LogP contribution in [-0.2, 0) is 16.0 Å². The molecule has 7 heteroatoms. The SMILES string of the molecule is O=C(c1ccccc1)c1ccc(C[C@H](NC(=O)N2CCOCC2)C(=O)O)cc1. The first-order valence-electron chi connectivity index (χ1n) is 9.09. The van der Waals surface area contributed by atoms with Gasteiger partial charge in [-0.25, -0.2) is 9.59 Å². The molecule has 28 heavy (non-hydrogen) atoms. The van der Waals surface area contributed by atoms with Crippen molar-refractivity contribution in [2.75, 3.05) is 26.3 Å². The third-order valence-corrected chi connectivity index (χ3v) is 4.59. The van der Waals surface area contributed by atoms with Crippen LogP contribution in [0.2, 0.25) is 0 Å². The van der Waals surface area contributed by atoms with E-state index < -0.39 is 18.0 Å². The molecule has 2 aromatic carbocycles. The molecular weight excluding hydrogens is 360 g/mol. The average molecular weight is 382 g/mol. The van der Waals surface area contributed by atoms with Gasteiger partial charge in [0.25, 0.3) is 0 Å². The van der Waals surface area contributed by atoms with E-state index in [1.165, 1.54) is 0 Å². The molecule has 0 radical (unpaired) electrons. The van der Waals surface area contributed by atoms with Crippen LogP contribution in [-0.4, -0.2) is 60.1 Å². The predicted octanol–water partition coefficient (Wildman–Crippen LogP) is 1.96. The van der Waals surface area contributed by atoms with Crippen molar-refractivity contribution in [1.82, 2.24) is 10.2 Å². The number of carboxylic acids is 1. The molecule has 0 aliphatic carbocycles. The van der Waals surface area contributed by atoms with Crippen molar-refractivity contribution in [2.45, 2.75) is 12.5 Å². The van der Waals surface area contributed by atoms with E-state index in [1.807, 2.05) is 6.07 Å². The maximum atomic E-state index is 12.4. The fraction of sp³-hybridized carbons (Fsp3) is 0.286. The summed E-state index contributed by atoms with van der Waals surface area (Å²) in [5.74, 6) is -1.20. The zero-order chi connectivity index (χ0) is 19.9. The minimum absolute atomic E-state index is 0.0949. The van der Waals surface area contributed by atoms with E-state index in [9.17, 15) is 19.5 Å². The van der Waals surface area contributed by atoms with Crippen LogP contribution < -0.4 is 5.32 Å². The first kappa shape index (κ1) is 19.6. The van der Waals surface area contributed by atoms with E-state index in [1.54, 1.807) is 53.4 Å². The maximum absolute atomic E-state index is 12.4. The van der Waals surface area contributed by atoms with Crippen LogP contribution in [0.5, 0.6) is 0 Å². The zero-order valence-electron chi connectivity index (χ0n) is 15.3. The van der Waals surface area contributed by atoms with Gasteiger partial charge in [-0.3, -0.25) is 4.79 Å². The molecule has 1 heterocycles. The molecule has 0 spiro atoms. The number of benzene rings is 2. The molecule has 1 aliphatic rings. The third-order valence-electron chi connectivity index (χ3n) is 4.59. The summed E-state index contributed by atoms with van der Waals surface area (Å²) in [6.45, 7) is 1.77. The largest absolute Gasteiger partial charge is 0.480 e. The minimum atomic E-state index is -1.11. The second-order valence-electron chi connectivity index (χ2n) is 6.54. The summed E-state index contributed by atoms with van der Waals surface area (Å²) in [7, 11) is 0. The topological polar surface area (TPSA) is 95.9 Å². The Hall–Kier alpha value is -3.19. The summed E-state index contributed by atoms with van der Waals surface area (Å²) in [4.78, 5) is 37.8. The van der Waals surface area contributed by atoms with Crippen molar-refractivity contribution in [3.8, 4) is 0 Å². The van der Waals surface area contributed by atoms with E-state index in [0.29, 0.717) is 37.4 Å². The number of urea groups is 1. The molecule has 0 unspecified atom stereocenters. The number of carbonyl (C=O) groups is 3. The van der Waals surface area contributed by atoms with Gasteiger partial charge in [0.05, 0.1) is 13.2 Å². The summed E-state index contributed by atoms with van der Waals surface area (Å²) in [6.07, 6.45) is 0.130. The highest BCUT2D eigenvalue weighted by Crippen LogP contribution is 2.13. The van der Waals surface area contributed by atoms with Gasteiger partial charge in [0.2, 0.25) is 0 Å². The van der Waals surface area contributed by atoms with Crippen molar-refractivity contribution in [3.63, 3.8) is 0 Å². The normalized spacial score (nSPS) is 14.9. The van der Waals surface area contributed by atoms with Crippen LogP contribution >= 0.6 is 0 Å². The smallest absolute Gasteiger partial charge is 0.326 e. The van der Waals surface area contributed by atoms with Crippen molar-refractivity contribution in [1.29, 1.82) is 0 Å². The molecule has 1 saturated heterocycles. The van der Waals surface area contributed by atoms with E-state index >= 15 is 0 Å². The summed E-state index contributed by atoms with van der Waals surface area (Å²) < 4.78 is 5.19. The highest BCUT2D eigenvalue weighted by atomic mass is 16.5. The molecule has 1 atom stereocenters. The number of hydrogen-bond donors (Lipinski definition) is 2. The van der Waals surface area contributed by atoms with Gasteiger partial charge in [0.15, 0.2) is 5.78 Å². The van der Waals surface area contributed by atoms with Crippen molar-refractivity contribution in [2.24, 2.45) is 0 Å². The Balaban J connectivity index is 1.64. The number of hydrogen-bond acceptors (Lipinski definition) is 4. The summed E-state index contributed by atoms with van der Waals surface area (Å²) in [5.41, 5.74) is 1.84. The molecule has 2 amide bonds. The van der Waals surface area contributed by atoms with Gasteiger partial charge in [0, 0.05) is 30.6 Å². The van der Waals surface area contributed by atoms with Crippen LogP contribution in [0.1, 0.15) is 21.5 Å². The first-order valence-corrected chi connectivity index (χ1v) is 9.09. The molecule has 0 aromatic heterocycles. The molecule has 1 aliphatic heterocycles. The third kappa shape index (κ3) is 4.95. The number of carboxylic acid groups (broad SMARTS) is 1. The summed E-state index contributed by atoms with van der Waals surface area (Å²) in [6, 6.07) is 14.3. The molecule has 2 N–H and O–H groups in total. The highest BCUT2D eigenvalue weighted by Gasteiger charge is 2.24. The van der Waals surface area contributed by atoms with E-state index in [2.05, 4.69) is 5.32 Å². The Morgan fingerprint density at radius 2 is 1.57 bits per heavy atom. The molecule has 7 nitrogen and oxygen atoms in total. The lowest BCUT2D eigenvalue weighted by atomic mass is 9.99. The van der Waals surface area contributed by atoms with Gasteiger partial charge < -0.3 is 20.1 Å². The Morgan fingerprint density at radius 3 is 2.18 bits per heavy atom. The number of rotatable bonds is 6. The predicted molar refractivity (Wildman–Crippen MR) is 102 cm³/mol. The van der Waals surface area contributed by atoms with E-state index in [0.717, 1.165) is 5.56 Å². The van der Waals surface area contributed by atoms with Gasteiger partial charge in [-0.2, -0.15) is 0 Å². The lowest BCUT2D eigenvalue weighted by molar-refractivity contribution is -0.139. The standard InChI is InChI=1S/C21H22N2O5/c24-19(16-4-2-1-3-5-16)17-8-6-15(7-9-17)14-18(20(25)26)22-21(27)23-10-12-28-13-11-23/h1-9,18H,10-14H2,(H,22,27)(H,25,26)/t18-/m0/s1. The number of ether oxygens (including phenoxy) is 1. The van der Waals surface area contributed by atoms with Crippen LogP contribution in [0.15, 0.2) is 54.6 Å². The Bertz CT molecular complexity index is 830. The number of amides is 2. The number of nitrogens with one attached hydrogen (secondary N) is 1. The Labute approximate surface area is 162 Å². The van der Waals surface area contributed by atoms with Gasteiger partial charge in [0.1, 0.15) is 6.04 Å². The zero-order valence-corrected chi connectivity index (χ0v) is 15.3. The van der Waals surface area contributed by atoms with Crippen molar-refractivity contribution < 1.29 is 24.2 Å². The Kier molecular flexibility index (Phi) is 6.39. The molecule has 2 aromatic rings. The van der Waals surface area contributed by atoms with Gasteiger partial charge in [-0.05, 0) is 5.56 Å². The van der Waals surface area contributed by atoms with E-state index in [4.69, 9.17) is 4.74 Å². The van der Waals surface area contributed by atoms with Crippen LogP contribution in [0.4, 0.5) is 4.79 Å².